The molecule has 0 saturated heterocycles. The molecular formula is C13H19N3O4S. The van der Waals surface area contributed by atoms with E-state index in [-0.39, 0.29) is 5.91 Å². The standard InChI is InChI=1S/C13H19N3O4S/c1-21(18,19)16-7-3-6-15-13(17)10-4-2-5-11-12(10)20-9-8-14-11/h2,4-5,14,16H,3,6-9H2,1H3,(H,15,17). The number of rotatable bonds is 6. The molecule has 0 spiro atoms. The van der Waals surface area contributed by atoms with Gasteiger partial charge in [0.05, 0.1) is 17.5 Å². The lowest BCUT2D eigenvalue weighted by Crippen LogP contribution is -2.30. The average Bonchev–Trinajstić information content (AvgIpc) is 2.45. The van der Waals surface area contributed by atoms with Gasteiger partial charge in [-0.3, -0.25) is 4.79 Å². The van der Waals surface area contributed by atoms with Crippen LogP contribution in [-0.4, -0.2) is 46.8 Å². The monoisotopic (exact) mass is 313 g/mol. The first-order chi connectivity index (χ1) is 9.97. The zero-order chi connectivity index (χ0) is 15.3. The fourth-order valence-electron chi connectivity index (χ4n) is 1.99. The fraction of sp³-hybridized carbons (Fsp3) is 0.462. The Morgan fingerprint density at radius 1 is 1.38 bits per heavy atom. The number of amides is 1. The third-order valence-corrected chi connectivity index (χ3v) is 3.66. The molecule has 21 heavy (non-hydrogen) atoms. The highest BCUT2D eigenvalue weighted by Crippen LogP contribution is 2.30. The maximum Gasteiger partial charge on any atom is 0.255 e. The van der Waals surface area contributed by atoms with Gasteiger partial charge in [0.25, 0.3) is 5.91 Å². The van der Waals surface area contributed by atoms with Gasteiger partial charge in [0.1, 0.15) is 6.61 Å². The molecule has 116 valence electrons. The molecule has 1 aliphatic heterocycles. The molecule has 0 radical (unpaired) electrons. The second-order valence-corrected chi connectivity index (χ2v) is 6.57. The van der Waals surface area contributed by atoms with E-state index in [4.69, 9.17) is 4.74 Å². The highest BCUT2D eigenvalue weighted by atomic mass is 32.2. The van der Waals surface area contributed by atoms with Crippen molar-refractivity contribution in [3.05, 3.63) is 23.8 Å². The van der Waals surface area contributed by atoms with Gasteiger partial charge in [-0.05, 0) is 18.6 Å². The first-order valence-corrected chi connectivity index (χ1v) is 8.59. The number of ether oxygens (including phenoxy) is 1. The minimum absolute atomic E-state index is 0.227. The van der Waals surface area contributed by atoms with Crippen molar-refractivity contribution in [2.75, 3.05) is 37.8 Å². The Morgan fingerprint density at radius 2 is 2.19 bits per heavy atom. The van der Waals surface area contributed by atoms with Gasteiger partial charge < -0.3 is 15.4 Å². The van der Waals surface area contributed by atoms with Crippen molar-refractivity contribution >= 4 is 21.6 Å². The number of nitrogens with one attached hydrogen (secondary N) is 3. The van der Waals surface area contributed by atoms with E-state index in [1.807, 2.05) is 6.07 Å². The Labute approximate surface area is 124 Å². The highest BCUT2D eigenvalue weighted by Gasteiger charge is 2.18. The van der Waals surface area contributed by atoms with Crippen molar-refractivity contribution < 1.29 is 17.9 Å². The molecule has 1 aromatic rings. The van der Waals surface area contributed by atoms with Gasteiger partial charge in [-0.2, -0.15) is 0 Å². The SMILES string of the molecule is CS(=O)(=O)NCCCNC(=O)c1cccc2c1OCCN2. The van der Waals surface area contributed by atoms with E-state index >= 15 is 0 Å². The Balaban J connectivity index is 1.87. The van der Waals surface area contributed by atoms with Gasteiger partial charge in [0.15, 0.2) is 5.75 Å². The van der Waals surface area contributed by atoms with Crippen molar-refractivity contribution in [2.24, 2.45) is 0 Å². The molecule has 7 nitrogen and oxygen atoms in total. The zero-order valence-corrected chi connectivity index (χ0v) is 12.6. The summed E-state index contributed by atoms with van der Waals surface area (Å²) in [5, 5.41) is 5.92. The molecule has 1 aromatic carbocycles. The Morgan fingerprint density at radius 3 is 2.95 bits per heavy atom. The van der Waals surface area contributed by atoms with Crippen LogP contribution in [0.5, 0.6) is 5.75 Å². The van der Waals surface area contributed by atoms with Crippen LogP contribution in [0, 0.1) is 0 Å². The number of hydrogen-bond donors (Lipinski definition) is 3. The van der Waals surface area contributed by atoms with E-state index < -0.39 is 10.0 Å². The van der Waals surface area contributed by atoms with Crippen LogP contribution in [0.2, 0.25) is 0 Å². The molecule has 0 bridgehead atoms. The first-order valence-electron chi connectivity index (χ1n) is 6.70. The van der Waals surface area contributed by atoms with Gasteiger partial charge in [0.2, 0.25) is 10.0 Å². The molecular weight excluding hydrogens is 294 g/mol. The van der Waals surface area contributed by atoms with E-state index in [0.29, 0.717) is 37.4 Å². The van der Waals surface area contributed by atoms with Gasteiger partial charge in [-0.25, -0.2) is 13.1 Å². The summed E-state index contributed by atoms with van der Waals surface area (Å²) in [7, 11) is -3.18. The summed E-state index contributed by atoms with van der Waals surface area (Å²) in [4.78, 5) is 12.1. The van der Waals surface area contributed by atoms with Crippen LogP contribution in [0.1, 0.15) is 16.8 Å². The molecule has 0 fully saturated rings. The molecule has 3 N–H and O–H groups in total. The lowest BCUT2D eigenvalue weighted by molar-refractivity contribution is 0.0949. The number of carbonyl (C=O) groups excluding carboxylic acids is 1. The van der Waals surface area contributed by atoms with Crippen LogP contribution in [0.15, 0.2) is 18.2 Å². The normalized spacial score (nSPS) is 13.8. The molecule has 1 amide bonds. The van der Waals surface area contributed by atoms with Crippen molar-refractivity contribution in [3.63, 3.8) is 0 Å². The summed E-state index contributed by atoms with van der Waals surface area (Å²) in [6.07, 6.45) is 1.62. The summed E-state index contributed by atoms with van der Waals surface area (Å²) in [5.41, 5.74) is 1.29. The van der Waals surface area contributed by atoms with Gasteiger partial charge in [0, 0.05) is 19.6 Å². The Kier molecular flexibility index (Phi) is 5.03. The second kappa shape index (κ2) is 6.77. The van der Waals surface area contributed by atoms with Crippen LogP contribution in [-0.2, 0) is 10.0 Å². The van der Waals surface area contributed by atoms with E-state index in [9.17, 15) is 13.2 Å². The van der Waals surface area contributed by atoms with E-state index in [0.717, 1.165) is 18.5 Å². The molecule has 0 saturated carbocycles. The van der Waals surface area contributed by atoms with Gasteiger partial charge in [-0.1, -0.05) is 6.07 Å². The van der Waals surface area contributed by atoms with Gasteiger partial charge in [-0.15, -0.1) is 0 Å². The van der Waals surface area contributed by atoms with E-state index in [2.05, 4.69) is 15.4 Å². The lowest BCUT2D eigenvalue weighted by atomic mass is 10.1. The maximum absolute atomic E-state index is 12.1. The van der Waals surface area contributed by atoms with Crippen molar-refractivity contribution in [2.45, 2.75) is 6.42 Å². The predicted molar refractivity (Wildman–Crippen MR) is 80.2 cm³/mol. The first kappa shape index (κ1) is 15.6. The molecule has 0 unspecified atom stereocenters. The topological polar surface area (TPSA) is 96.5 Å². The number of hydrogen-bond acceptors (Lipinski definition) is 5. The van der Waals surface area contributed by atoms with Crippen LogP contribution in [0.25, 0.3) is 0 Å². The fourth-order valence-corrected chi connectivity index (χ4v) is 2.51. The summed E-state index contributed by atoms with van der Waals surface area (Å²) >= 11 is 0. The number of fused-ring (bicyclic) bond motifs is 1. The lowest BCUT2D eigenvalue weighted by Gasteiger charge is -2.21. The summed E-state index contributed by atoms with van der Waals surface area (Å²) in [6.45, 7) is 1.92. The minimum Gasteiger partial charge on any atom is -0.489 e. The molecule has 0 aliphatic carbocycles. The Hall–Kier alpha value is -1.80. The summed E-state index contributed by atoms with van der Waals surface area (Å²) in [6, 6.07) is 5.36. The summed E-state index contributed by atoms with van der Waals surface area (Å²) < 4.78 is 29.7. The van der Waals surface area contributed by atoms with Crippen molar-refractivity contribution in [3.8, 4) is 5.75 Å². The molecule has 1 aliphatic rings. The molecule has 0 atom stereocenters. The minimum atomic E-state index is -3.18. The number of carbonyl (C=O) groups is 1. The Bertz CT molecular complexity index is 616. The molecule has 0 aromatic heterocycles. The zero-order valence-electron chi connectivity index (χ0n) is 11.8. The third-order valence-electron chi connectivity index (χ3n) is 2.93. The molecule has 8 heteroatoms. The predicted octanol–water partition coefficient (Wildman–Crippen LogP) is 0.160. The highest BCUT2D eigenvalue weighted by molar-refractivity contribution is 7.88. The van der Waals surface area contributed by atoms with Crippen LogP contribution in [0.4, 0.5) is 5.69 Å². The molecule has 1 heterocycles. The third kappa shape index (κ3) is 4.61. The summed E-state index contributed by atoms with van der Waals surface area (Å²) in [5.74, 6) is 0.338. The van der Waals surface area contributed by atoms with Gasteiger partial charge >= 0.3 is 0 Å². The van der Waals surface area contributed by atoms with E-state index in [1.54, 1.807) is 12.1 Å². The second-order valence-electron chi connectivity index (χ2n) is 4.73. The number of benzene rings is 1. The molecule has 2 rings (SSSR count). The largest absolute Gasteiger partial charge is 0.489 e. The van der Waals surface area contributed by atoms with Crippen molar-refractivity contribution in [1.82, 2.24) is 10.0 Å². The number of sulfonamides is 1. The van der Waals surface area contributed by atoms with Crippen molar-refractivity contribution in [1.29, 1.82) is 0 Å². The number of anilines is 1. The number of para-hydroxylation sites is 1. The van der Waals surface area contributed by atoms with Crippen LogP contribution in [0.3, 0.4) is 0 Å². The average molecular weight is 313 g/mol. The smallest absolute Gasteiger partial charge is 0.255 e. The quantitative estimate of drug-likeness (QED) is 0.650. The van der Waals surface area contributed by atoms with Crippen LogP contribution >= 0.6 is 0 Å². The maximum atomic E-state index is 12.1. The van der Waals surface area contributed by atoms with Crippen LogP contribution < -0.4 is 20.1 Å². The van der Waals surface area contributed by atoms with E-state index in [1.165, 1.54) is 0 Å².